The predicted molar refractivity (Wildman–Crippen MR) is 89.7 cm³/mol. The molecule has 2 amide bonds. The number of hydrogen-bond acceptors (Lipinski definition) is 3. The predicted octanol–water partition coefficient (Wildman–Crippen LogP) is 1.28. The molecular formula is C18H21N3O2. The number of hydrogen-bond donors (Lipinski definition) is 3. The Morgan fingerprint density at radius 3 is 2.17 bits per heavy atom. The van der Waals surface area contributed by atoms with E-state index in [-0.39, 0.29) is 25.0 Å². The first kappa shape index (κ1) is 16.7. The number of benzene rings is 2. The molecule has 0 aromatic heterocycles. The number of nitrogens with two attached hydrogens (primary N) is 1. The van der Waals surface area contributed by atoms with E-state index in [4.69, 9.17) is 5.73 Å². The topological polar surface area (TPSA) is 84.2 Å². The van der Waals surface area contributed by atoms with Crippen LogP contribution in [0.15, 0.2) is 54.6 Å². The lowest BCUT2D eigenvalue weighted by Crippen LogP contribution is -2.40. The molecule has 120 valence electrons. The summed E-state index contributed by atoms with van der Waals surface area (Å²) in [6, 6.07) is 18.0. The first-order chi connectivity index (χ1) is 11.1. The van der Waals surface area contributed by atoms with Crippen molar-refractivity contribution in [1.29, 1.82) is 0 Å². The van der Waals surface area contributed by atoms with Crippen LogP contribution in [0.4, 0.5) is 0 Å². The molecule has 0 aliphatic rings. The summed E-state index contributed by atoms with van der Waals surface area (Å²) in [5.41, 5.74) is 8.34. The van der Waals surface area contributed by atoms with Crippen LogP contribution in [0.5, 0.6) is 0 Å². The Hall–Kier alpha value is -2.66. The highest BCUT2D eigenvalue weighted by Crippen LogP contribution is 2.22. The van der Waals surface area contributed by atoms with E-state index in [0.717, 1.165) is 11.1 Å². The molecule has 0 heterocycles. The van der Waals surface area contributed by atoms with Gasteiger partial charge in [0.2, 0.25) is 11.8 Å². The summed E-state index contributed by atoms with van der Waals surface area (Å²) in [7, 11) is 0. The van der Waals surface area contributed by atoms with Crippen LogP contribution in [0.2, 0.25) is 0 Å². The molecule has 5 nitrogen and oxygen atoms in total. The van der Waals surface area contributed by atoms with Crippen molar-refractivity contribution >= 4 is 11.8 Å². The minimum atomic E-state index is -0.559. The number of amides is 2. The van der Waals surface area contributed by atoms with Gasteiger partial charge >= 0.3 is 0 Å². The molecule has 0 fully saturated rings. The van der Waals surface area contributed by atoms with Crippen LogP contribution in [0.1, 0.15) is 22.7 Å². The molecule has 0 unspecified atom stereocenters. The number of carbonyl (C=O) groups excluding carboxylic acids is 2. The average molecular weight is 311 g/mol. The SMILES string of the molecule is Cc1ccc([C@H](NCC(=O)NCC(N)=O)c2ccccc2)cc1. The summed E-state index contributed by atoms with van der Waals surface area (Å²) in [4.78, 5) is 22.5. The zero-order valence-corrected chi connectivity index (χ0v) is 13.1. The summed E-state index contributed by atoms with van der Waals surface area (Å²) in [6.45, 7) is 1.98. The highest BCUT2D eigenvalue weighted by Gasteiger charge is 2.14. The van der Waals surface area contributed by atoms with E-state index in [1.807, 2.05) is 61.5 Å². The third-order valence-corrected chi connectivity index (χ3v) is 3.47. The number of primary amides is 1. The van der Waals surface area contributed by atoms with Crippen LogP contribution >= 0.6 is 0 Å². The summed E-state index contributed by atoms with van der Waals surface area (Å²) in [5, 5.41) is 5.70. The molecule has 23 heavy (non-hydrogen) atoms. The smallest absolute Gasteiger partial charge is 0.236 e. The van der Waals surface area contributed by atoms with Crippen molar-refractivity contribution in [1.82, 2.24) is 10.6 Å². The van der Waals surface area contributed by atoms with Crippen molar-refractivity contribution in [3.8, 4) is 0 Å². The standard InChI is InChI=1S/C18H21N3O2/c1-13-7-9-15(10-8-13)18(14-5-3-2-4-6-14)21-12-17(23)20-11-16(19)22/h2-10,18,21H,11-12H2,1H3,(H2,19,22)(H,20,23)/t18-/m1/s1. The van der Waals surface area contributed by atoms with Crippen LogP contribution in [-0.2, 0) is 9.59 Å². The molecule has 0 aliphatic carbocycles. The maximum Gasteiger partial charge on any atom is 0.236 e. The molecule has 0 radical (unpaired) electrons. The molecule has 0 aliphatic heterocycles. The fraction of sp³-hybridized carbons (Fsp3) is 0.222. The van der Waals surface area contributed by atoms with Gasteiger partial charge in [-0.25, -0.2) is 0 Å². The molecule has 1 atom stereocenters. The number of carbonyl (C=O) groups is 2. The Bertz CT molecular complexity index is 654. The van der Waals surface area contributed by atoms with Crippen LogP contribution in [0.3, 0.4) is 0 Å². The fourth-order valence-corrected chi connectivity index (χ4v) is 2.28. The summed E-state index contributed by atoms with van der Waals surface area (Å²) < 4.78 is 0. The molecule has 2 aromatic carbocycles. The van der Waals surface area contributed by atoms with Gasteiger partial charge in [0.15, 0.2) is 0 Å². The fourth-order valence-electron chi connectivity index (χ4n) is 2.28. The van der Waals surface area contributed by atoms with E-state index in [9.17, 15) is 9.59 Å². The molecule has 0 bridgehead atoms. The van der Waals surface area contributed by atoms with Gasteiger partial charge in [-0.3, -0.25) is 14.9 Å². The molecule has 2 rings (SSSR count). The molecule has 0 saturated heterocycles. The number of rotatable bonds is 7. The van der Waals surface area contributed by atoms with Gasteiger partial charge in [0, 0.05) is 0 Å². The minimum absolute atomic E-state index is 0.0979. The maximum atomic E-state index is 11.8. The third-order valence-electron chi connectivity index (χ3n) is 3.47. The van der Waals surface area contributed by atoms with Gasteiger partial charge in [0.25, 0.3) is 0 Å². The first-order valence-electron chi connectivity index (χ1n) is 7.46. The monoisotopic (exact) mass is 311 g/mol. The number of aryl methyl sites for hydroxylation is 1. The van der Waals surface area contributed by atoms with Gasteiger partial charge in [0.05, 0.1) is 19.1 Å². The molecule has 5 heteroatoms. The maximum absolute atomic E-state index is 11.8. The largest absolute Gasteiger partial charge is 0.368 e. The Balaban J connectivity index is 2.10. The average Bonchev–Trinajstić information content (AvgIpc) is 2.55. The van der Waals surface area contributed by atoms with Gasteiger partial charge in [-0.15, -0.1) is 0 Å². The van der Waals surface area contributed by atoms with Crippen molar-refractivity contribution in [2.75, 3.05) is 13.1 Å². The van der Waals surface area contributed by atoms with Crippen molar-refractivity contribution in [2.45, 2.75) is 13.0 Å². The van der Waals surface area contributed by atoms with Crippen molar-refractivity contribution in [3.63, 3.8) is 0 Å². The lowest BCUT2D eigenvalue weighted by molar-refractivity contribution is -0.124. The Kier molecular flexibility index (Phi) is 5.88. The quantitative estimate of drug-likeness (QED) is 0.720. The molecule has 4 N–H and O–H groups in total. The van der Waals surface area contributed by atoms with Gasteiger partial charge in [-0.1, -0.05) is 60.2 Å². The highest BCUT2D eigenvalue weighted by atomic mass is 16.2. The normalized spacial score (nSPS) is 11.7. The minimum Gasteiger partial charge on any atom is -0.368 e. The summed E-state index contributed by atoms with van der Waals surface area (Å²) >= 11 is 0. The van der Waals surface area contributed by atoms with Crippen molar-refractivity contribution in [3.05, 3.63) is 71.3 Å². The zero-order valence-electron chi connectivity index (χ0n) is 13.1. The Labute approximate surface area is 135 Å². The van der Waals surface area contributed by atoms with Crippen LogP contribution in [0, 0.1) is 6.92 Å². The highest BCUT2D eigenvalue weighted by molar-refractivity contribution is 5.84. The van der Waals surface area contributed by atoms with Gasteiger partial charge in [-0.2, -0.15) is 0 Å². The lowest BCUT2D eigenvalue weighted by Gasteiger charge is -2.20. The van der Waals surface area contributed by atoms with Gasteiger partial charge < -0.3 is 11.1 Å². The summed E-state index contributed by atoms with van der Waals surface area (Å²) in [5.74, 6) is -0.826. The lowest BCUT2D eigenvalue weighted by atomic mass is 9.98. The van der Waals surface area contributed by atoms with E-state index in [1.54, 1.807) is 0 Å². The Morgan fingerprint density at radius 2 is 1.57 bits per heavy atom. The second-order valence-electron chi connectivity index (χ2n) is 5.38. The van der Waals surface area contributed by atoms with Crippen molar-refractivity contribution in [2.24, 2.45) is 5.73 Å². The Morgan fingerprint density at radius 1 is 0.957 bits per heavy atom. The molecular weight excluding hydrogens is 290 g/mol. The second-order valence-corrected chi connectivity index (χ2v) is 5.38. The van der Waals surface area contributed by atoms with Crippen LogP contribution in [-0.4, -0.2) is 24.9 Å². The van der Waals surface area contributed by atoms with E-state index >= 15 is 0 Å². The molecule has 2 aromatic rings. The van der Waals surface area contributed by atoms with Crippen LogP contribution in [0.25, 0.3) is 0 Å². The van der Waals surface area contributed by atoms with Crippen LogP contribution < -0.4 is 16.4 Å². The van der Waals surface area contributed by atoms with E-state index in [1.165, 1.54) is 5.56 Å². The van der Waals surface area contributed by atoms with Gasteiger partial charge in [-0.05, 0) is 18.1 Å². The number of nitrogens with one attached hydrogen (secondary N) is 2. The van der Waals surface area contributed by atoms with Crippen molar-refractivity contribution < 1.29 is 9.59 Å². The van der Waals surface area contributed by atoms with Gasteiger partial charge in [0.1, 0.15) is 0 Å². The molecule has 0 spiro atoms. The molecule has 0 saturated carbocycles. The summed E-state index contributed by atoms with van der Waals surface area (Å²) in [6.07, 6.45) is 0. The first-order valence-corrected chi connectivity index (χ1v) is 7.46. The van der Waals surface area contributed by atoms with E-state index in [2.05, 4.69) is 10.6 Å². The van der Waals surface area contributed by atoms with E-state index in [0.29, 0.717) is 0 Å². The third kappa shape index (κ3) is 5.23. The zero-order chi connectivity index (χ0) is 16.7. The second kappa shape index (κ2) is 8.10. The van der Waals surface area contributed by atoms with E-state index < -0.39 is 5.91 Å².